The van der Waals surface area contributed by atoms with Crippen LogP contribution in [-0.2, 0) is 6.42 Å². The number of hydrogen-bond donors (Lipinski definition) is 2. The van der Waals surface area contributed by atoms with Crippen LogP contribution in [0.25, 0.3) is 0 Å². The summed E-state index contributed by atoms with van der Waals surface area (Å²) in [5.74, 6) is 0. The van der Waals surface area contributed by atoms with E-state index in [9.17, 15) is 5.11 Å². The van der Waals surface area contributed by atoms with E-state index < -0.39 is 0 Å². The van der Waals surface area contributed by atoms with Gasteiger partial charge < -0.3 is 10.4 Å². The first kappa shape index (κ1) is 11.2. The third-order valence-electron chi connectivity index (χ3n) is 4.25. The van der Waals surface area contributed by atoms with Crippen LogP contribution in [-0.4, -0.2) is 17.2 Å². The molecule has 0 saturated heterocycles. The van der Waals surface area contributed by atoms with Crippen LogP contribution in [0.1, 0.15) is 49.3 Å². The molecule has 17 heavy (non-hydrogen) atoms. The first-order valence-corrected chi connectivity index (χ1v) is 6.86. The average Bonchev–Trinajstić information content (AvgIpc) is 2.68. The third-order valence-corrected chi connectivity index (χ3v) is 4.25. The highest BCUT2D eigenvalue weighted by molar-refractivity contribution is 5.35. The molecule has 2 aliphatic carbocycles. The van der Waals surface area contributed by atoms with E-state index in [1.807, 2.05) is 6.07 Å². The number of aliphatic hydroxyl groups excluding tert-OH is 1. The van der Waals surface area contributed by atoms with Crippen molar-refractivity contribution in [1.29, 1.82) is 0 Å². The van der Waals surface area contributed by atoms with E-state index in [1.54, 1.807) is 0 Å². The lowest BCUT2D eigenvalue weighted by Crippen LogP contribution is -2.41. The maximum absolute atomic E-state index is 10.3. The Labute approximate surface area is 103 Å². The van der Waals surface area contributed by atoms with E-state index in [2.05, 4.69) is 23.5 Å². The molecule has 0 spiro atoms. The SMILES string of the molecule is OC1c2ccccc2CC1NC1CCCCC1. The molecule has 2 aliphatic rings. The first-order valence-electron chi connectivity index (χ1n) is 6.86. The molecule has 1 fully saturated rings. The minimum atomic E-state index is -0.312. The summed E-state index contributed by atoms with van der Waals surface area (Å²) in [4.78, 5) is 0. The molecule has 0 bridgehead atoms. The fourth-order valence-corrected chi connectivity index (χ4v) is 3.30. The minimum Gasteiger partial charge on any atom is -0.387 e. The quantitative estimate of drug-likeness (QED) is 0.820. The normalized spacial score (nSPS) is 29.2. The van der Waals surface area contributed by atoms with Gasteiger partial charge in [-0.2, -0.15) is 0 Å². The molecule has 3 rings (SSSR count). The van der Waals surface area contributed by atoms with Crippen molar-refractivity contribution in [3.05, 3.63) is 35.4 Å². The van der Waals surface area contributed by atoms with Crippen LogP contribution in [0.2, 0.25) is 0 Å². The number of hydrogen-bond acceptors (Lipinski definition) is 2. The molecule has 2 atom stereocenters. The maximum Gasteiger partial charge on any atom is 0.0948 e. The smallest absolute Gasteiger partial charge is 0.0948 e. The highest BCUT2D eigenvalue weighted by Crippen LogP contribution is 2.32. The van der Waals surface area contributed by atoms with Crippen molar-refractivity contribution < 1.29 is 5.11 Å². The third kappa shape index (κ3) is 2.24. The van der Waals surface area contributed by atoms with Gasteiger partial charge in [0.25, 0.3) is 0 Å². The zero-order chi connectivity index (χ0) is 11.7. The highest BCUT2D eigenvalue weighted by atomic mass is 16.3. The number of benzene rings is 1. The predicted octanol–water partition coefficient (Wildman–Crippen LogP) is 2.57. The zero-order valence-electron chi connectivity index (χ0n) is 10.2. The van der Waals surface area contributed by atoms with Crippen molar-refractivity contribution in [1.82, 2.24) is 5.32 Å². The topological polar surface area (TPSA) is 32.3 Å². The summed E-state index contributed by atoms with van der Waals surface area (Å²) in [5, 5.41) is 14.0. The lowest BCUT2D eigenvalue weighted by Gasteiger charge is -2.28. The van der Waals surface area contributed by atoms with Gasteiger partial charge in [0, 0.05) is 12.1 Å². The molecule has 0 aliphatic heterocycles. The summed E-state index contributed by atoms with van der Waals surface area (Å²) >= 11 is 0. The van der Waals surface area contributed by atoms with Gasteiger partial charge in [-0.1, -0.05) is 43.5 Å². The van der Waals surface area contributed by atoms with E-state index in [0.717, 1.165) is 12.0 Å². The molecule has 0 aromatic heterocycles. The number of nitrogens with one attached hydrogen (secondary N) is 1. The molecule has 1 aromatic carbocycles. The summed E-state index contributed by atoms with van der Waals surface area (Å²) in [6.07, 6.45) is 7.28. The van der Waals surface area contributed by atoms with Crippen molar-refractivity contribution in [2.45, 2.75) is 56.7 Å². The Kier molecular flexibility index (Phi) is 3.17. The molecular weight excluding hydrogens is 210 g/mol. The van der Waals surface area contributed by atoms with Gasteiger partial charge in [0.2, 0.25) is 0 Å². The predicted molar refractivity (Wildman–Crippen MR) is 68.9 cm³/mol. The monoisotopic (exact) mass is 231 g/mol. The highest BCUT2D eigenvalue weighted by Gasteiger charge is 2.31. The van der Waals surface area contributed by atoms with Crippen molar-refractivity contribution in [2.75, 3.05) is 0 Å². The molecule has 0 amide bonds. The Morgan fingerprint density at radius 1 is 1.06 bits per heavy atom. The second kappa shape index (κ2) is 4.79. The molecule has 1 saturated carbocycles. The van der Waals surface area contributed by atoms with Gasteiger partial charge >= 0.3 is 0 Å². The van der Waals surface area contributed by atoms with Crippen LogP contribution in [0.4, 0.5) is 0 Å². The van der Waals surface area contributed by atoms with Gasteiger partial charge in [-0.15, -0.1) is 0 Å². The Balaban J connectivity index is 1.67. The molecule has 2 unspecified atom stereocenters. The summed E-state index contributed by atoms with van der Waals surface area (Å²) in [5.41, 5.74) is 2.44. The summed E-state index contributed by atoms with van der Waals surface area (Å²) in [6.45, 7) is 0. The van der Waals surface area contributed by atoms with Gasteiger partial charge in [0.05, 0.1) is 6.10 Å². The molecule has 0 radical (unpaired) electrons. The van der Waals surface area contributed by atoms with Crippen LogP contribution in [0.5, 0.6) is 0 Å². The summed E-state index contributed by atoms with van der Waals surface area (Å²) in [6, 6.07) is 9.14. The second-order valence-corrected chi connectivity index (χ2v) is 5.46. The molecular formula is C15H21NO. The summed E-state index contributed by atoms with van der Waals surface area (Å²) < 4.78 is 0. The summed E-state index contributed by atoms with van der Waals surface area (Å²) in [7, 11) is 0. The van der Waals surface area contributed by atoms with Crippen LogP contribution >= 0.6 is 0 Å². The van der Waals surface area contributed by atoms with E-state index in [4.69, 9.17) is 0 Å². The Hall–Kier alpha value is -0.860. The van der Waals surface area contributed by atoms with Gasteiger partial charge in [-0.25, -0.2) is 0 Å². The van der Waals surface area contributed by atoms with Crippen molar-refractivity contribution >= 4 is 0 Å². The Morgan fingerprint density at radius 3 is 2.59 bits per heavy atom. The fourth-order valence-electron chi connectivity index (χ4n) is 3.30. The molecule has 2 nitrogen and oxygen atoms in total. The van der Waals surface area contributed by atoms with Crippen molar-refractivity contribution in [3.8, 4) is 0 Å². The fraction of sp³-hybridized carbons (Fsp3) is 0.600. The number of rotatable bonds is 2. The van der Waals surface area contributed by atoms with E-state index in [1.165, 1.54) is 37.7 Å². The maximum atomic E-state index is 10.3. The van der Waals surface area contributed by atoms with Crippen molar-refractivity contribution in [2.24, 2.45) is 0 Å². The minimum absolute atomic E-state index is 0.232. The van der Waals surface area contributed by atoms with E-state index in [0.29, 0.717) is 6.04 Å². The van der Waals surface area contributed by atoms with E-state index in [-0.39, 0.29) is 12.1 Å². The zero-order valence-corrected chi connectivity index (χ0v) is 10.2. The first-order chi connectivity index (χ1) is 8.34. The second-order valence-electron chi connectivity index (χ2n) is 5.46. The molecule has 0 heterocycles. The van der Waals surface area contributed by atoms with E-state index >= 15 is 0 Å². The molecule has 92 valence electrons. The van der Waals surface area contributed by atoms with Crippen LogP contribution in [0.3, 0.4) is 0 Å². The van der Waals surface area contributed by atoms with Crippen LogP contribution in [0.15, 0.2) is 24.3 Å². The lowest BCUT2D eigenvalue weighted by atomic mass is 9.94. The van der Waals surface area contributed by atoms with Crippen LogP contribution < -0.4 is 5.32 Å². The largest absolute Gasteiger partial charge is 0.387 e. The number of fused-ring (bicyclic) bond motifs is 1. The molecule has 2 heteroatoms. The van der Waals surface area contributed by atoms with Gasteiger partial charge in [-0.3, -0.25) is 0 Å². The number of aliphatic hydroxyl groups is 1. The Morgan fingerprint density at radius 2 is 1.82 bits per heavy atom. The van der Waals surface area contributed by atoms with Gasteiger partial charge in [0.1, 0.15) is 0 Å². The van der Waals surface area contributed by atoms with Gasteiger partial charge in [0.15, 0.2) is 0 Å². The lowest BCUT2D eigenvalue weighted by molar-refractivity contribution is 0.130. The molecule has 2 N–H and O–H groups in total. The average molecular weight is 231 g/mol. The standard InChI is InChI=1S/C15H21NO/c17-15-13-9-5-4-6-11(13)10-14(15)16-12-7-2-1-3-8-12/h4-6,9,12,14-17H,1-3,7-8,10H2. The Bertz CT molecular complexity index is 384. The van der Waals surface area contributed by atoms with Crippen LogP contribution in [0, 0.1) is 0 Å². The molecule has 1 aromatic rings. The van der Waals surface area contributed by atoms with Crippen molar-refractivity contribution in [3.63, 3.8) is 0 Å². The van der Waals surface area contributed by atoms with Gasteiger partial charge in [-0.05, 0) is 30.4 Å².